The SMILES string of the molecule is CC(C)Oc1cncc(C2=C[C@@H]3CNC[C@H](C2)C3)c1.Cl. The zero-order chi connectivity index (χ0) is 13.2. The van der Waals surface area contributed by atoms with Crippen molar-refractivity contribution in [3.63, 3.8) is 0 Å². The van der Waals surface area contributed by atoms with Gasteiger partial charge in [0.15, 0.2) is 0 Å². The predicted octanol–water partition coefficient (Wildman–Crippen LogP) is 3.30. The minimum absolute atomic E-state index is 0. The molecule has 0 unspecified atom stereocenters. The van der Waals surface area contributed by atoms with Crippen molar-refractivity contribution in [3.8, 4) is 5.75 Å². The standard InChI is InChI=1S/C16H22N2O.ClH/c1-11(2)19-16-6-15(9-18-10-16)14-4-12-3-13(5-14)8-17-7-12;/h4,6,9-13,17H,3,5,7-8H2,1-2H3;1H/t12-,13+;/m1./s1. The van der Waals surface area contributed by atoms with Crippen LogP contribution < -0.4 is 10.1 Å². The molecule has 1 N–H and O–H groups in total. The Balaban J connectivity index is 0.00000147. The van der Waals surface area contributed by atoms with E-state index in [9.17, 15) is 0 Å². The summed E-state index contributed by atoms with van der Waals surface area (Å²) in [6, 6.07) is 2.13. The predicted molar refractivity (Wildman–Crippen MR) is 84.3 cm³/mol. The van der Waals surface area contributed by atoms with E-state index in [1.54, 1.807) is 6.20 Å². The van der Waals surface area contributed by atoms with E-state index >= 15 is 0 Å². The number of pyridine rings is 1. The third-order valence-electron chi connectivity index (χ3n) is 3.88. The second-order valence-electron chi connectivity index (χ2n) is 5.99. The monoisotopic (exact) mass is 294 g/mol. The summed E-state index contributed by atoms with van der Waals surface area (Å²) in [4.78, 5) is 4.33. The fourth-order valence-corrected chi connectivity index (χ4v) is 3.16. The van der Waals surface area contributed by atoms with Gasteiger partial charge < -0.3 is 10.1 Å². The molecular weight excluding hydrogens is 272 g/mol. The fourth-order valence-electron chi connectivity index (χ4n) is 3.16. The van der Waals surface area contributed by atoms with E-state index in [1.807, 2.05) is 20.0 Å². The molecule has 0 spiro atoms. The molecule has 2 bridgehead atoms. The lowest BCUT2D eigenvalue weighted by molar-refractivity contribution is 0.241. The number of halogens is 1. The lowest BCUT2D eigenvalue weighted by Crippen LogP contribution is -2.37. The van der Waals surface area contributed by atoms with Crippen LogP contribution in [0, 0.1) is 11.8 Å². The average molecular weight is 295 g/mol. The number of nitrogens with zero attached hydrogens (tertiary/aromatic N) is 1. The Morgan fingerprint density at radius 1 is 1.30 bits per heavy atom. The number of fused-ring (bicyclic) bond motifs is 2. The van der Waals surface area contributed by atoms with Gasteiger partial charge in [-0.05, 0) is 62.3 Å². The summed E-state index contributed by atoms with van der Waals surface area (Å²) in [5, 5.41) is 3.51. The minimum Gasteiger partial charge on any atom is -0.489 e. The number of hydrogen-bond donors (Lipinski definition) is 1. The van der Waals surface area contributed by atoms with E-state index in [-0.39, 0.29) is 18.5 Å². The molecule has 0 aromatic carbocycles. The Labute approximate surface area is 127 Å². The van der Waals surface area contributed by atoms with Crippen molar-refractivity contribution in [1.82, 2.24) is 10.3 Å². The maximum absolute atomic E-state index is 5.74. The largest absolute Gasteiger partial charge is 0.489 e. The molecule has 1 aliphatic carbocycles. The zero-order valence-corrected chi connectivity index (χ0v) is 13.0. The van der Waals surface area contributed by atoms with Crippen molar-refractivity contribution in [1.29, 1.82) is 0 Å². The van der Waals surface area contributed by atoms with Crippen LogP contribution in [0.4, 0.5) is 0 Å². The molecular formula is C16H23ClN2O. The van der Waals surface area contributed by atoms with Crippen molar-refractivity contribution >= 4 is 18.0 Å². The molecule has 110 valence electrons. The maximum Gasteiger partial charge on any atom is 0.138 e. The van der Waals surface area contributed by atoms with Crippen LogP contribution in [0.1, 0.15) is 32.3 Å². The third kappa shape index (κ3) is 3.53. The highest BCUT2D eigenvalue weighted by molar-refractivity contribution is 5.85. The van der Waals surface area contributed by atoms with Gasteiger partial charge in [-0.2, -0.15) is 0 Å². The highest BCUT2D eigenvalue weighted by Crippen LogP contribution is 2.36. The summed E-state index contributed by atoms with van der Waals surface area (Å²) in [7, 11) is 0. The molecule has 1 fully saturated rings. The normalized spacial score (nSPS) is 24.9. The number of aromatic nitrogens is 1. The van der Waals surface area contributed by atoms with Crippen molar-refractivity contribution in [2.24, 2.45) is 11.8 Å². The molecule has 0 saturated carbocycles. The second kappa shape index (κ2) is 6.59. The average Bonchev–Trinajstić information content (AvgIpc) is 2.38. The smallest absolute Gasteiger partial charge is 0.138 e. The molecule has 0 radical (unpaired) electrons. The van der Waals surface area contributed by atoms with Crippen LogP contribution in [0.5, 0.6) is 5.75 Å². The van der Waals surface area contributed by atoms with Gasteiger partial charge >= 0.3 is 0 Å². The third-order valence-corrected chi connectivity index (χ3v) is 3.88. The lowest BCUT2D eigenvalue weighted by atomic mass is 9.78. The van der Waals surface area contributed by atoms with Gasteiger partial charge in [-0.25, -0.2) is 0 Å². The Morgan fingerprint density at radius 2 is 2.15 bits per heavy atom. The molecule has 2 heterocycles. The Morgan fingerprint density at radius 3 is 2.90 bits per heavy atom. The molecule has 0 amide bonds. The summed E-state index contributed by atoms with van der Waals surface area (Å²) < 4.78 is 5.74. The van der Waals surface area contributed by atoms with Gasteiger partial charge in [-0.15, -0.1) is 12.4 Å². The van der Waals surface area contributed by atoms with E-state index in [1.165, 1.54) is 17.6 Å². The van der Waals surface area contributed by atoms with Crippen molar-refractivity contribution in [3.05, 3.63) is 30.1 Å². The van der Waals surface area contributed by atoms with Gasteiger partial charge in [0.25, 0.3) is 0 Å². The summed E-state index contributed by atoms with van der Waals surface area (Å²) in [6.07, 6.45) is 8.89. The van der Waals surface area contributed by atoms with Crippen molar-refractivity contribution < 1.29 is 4.74 Å². The van der Waals surface area contributed by atoms with Crippen LogP contribution in [-0.2, 0) is 0 Å². The highest BCUT2D eigenvalue weighted by Gasteiger charge is 2.26. The first-order chi connectivity index (χ1) is 9.20. The van der Waals surface area contributed by atoms with E-state index in [2.05, 4.69) is 22.4 Å². The molecule has 2 aliphatic rings. The van der Waals surface area contributed by atoms with Crippen LogP contribution in [0.2, 0.25) is 0 Å². The second-order valence-corrected chi connectivity index (χ2v) is 5.99. The first kappa shape index (κ1) is 15.3. The van der Waals surface area contributed by atoms with Gasteiger partial charge in [0.1, 0.15) is 5.75 Å². The number of piperidine rings is 1. The number of ether oxygens (including phenoxy) is 1. The molecule has 1 saturated heterocycles. The quantitative estimate of drug-likeness (QED) is 0.929. The summed E-state index contributed by atoms with van der Waals surface area (Å²) in [5.41, 5.74) is 2.68. The molecule has 3 nitrogen and oxygen atoms in total. The summed E-state index contributed by atoms with van der Waals surface area (Å²) in [6.45, 7) is 6.37. The van der Waals surface area contributed by atoms with E-state index in [0.717, 1.165) is 31.2 Å². The van der Waals surface area contributed by atoms with Gasteiger partial charge in [-0.3, -0.25) is 4.98 Å². The molecule has 20 heavy (non-hydrogen) atoms. The van der Waals surface area contributed by atoms with Gasteiger partial charge in [-0.1, -0.05) is 6.08 Å². The van der Waals surface area contributed by atoms with E-state index in [4.69, 9.17) is 4.74 Å². The van der Waals surface area contributed by atoms with Crippen LogP contribution >= 0.6 is 12.4 Å². The van der Waals surface area contributed by atoms with Gasteiger partial charge in [0, 0.05) is 12.7 Å². The van der Waals surface area contributed by atoms with E-state index in [0.29, 0.717) is 5.92 Å². The van der Waals surface area contributed by atoms with Crippen molar-refractivity contribution in [2.45, 2.75) is 32.8 Å². The van der Waals surface area contributed by atoms with Crippen molar-refractivity contribution in [2.75, 3.05) is 13.1 Å². The number of hydrogen-bond acceptors (Lipinski definition) is 3. The molecule has 1 aromatic heterocycles. The van der Waals surface area contributed by atoms with E-state index < -0.39 is 0 Å². The molecule has 4 heteroatoms. The minimum atomic E-state index is 0. The fraction of sp³-hybridized carbons (Fsp3) is 0.562. The summed E-state index contributed by atoms with van der Waals surface area (Å²) in [5.74, 6) is 2.35. The van der Waals surface area contributed by atoms with Gasteiger partial charge in [0.2, 0.25) is 0 Å². The Kier molecular flexibility index (Phi) is 5.06. The summed E-state index contributed by atoms with van der Waals surface area (Å²) >= 11 is 0. The van der Waals surface area contributed by atoms with Crippen LogP contribution in [0.15, 0.2) is 24.5 Å². The highest BCUT2D eigenvalue weighted by atomic mass is 35.5. The Hall–Kier alpha value is -1.06. The van der Waals surface area contributed by atoms with Gasteiger partial charge in [0.05, 0.1) is 12.3 Å². The molecule has 3 rings (SSSR count). The van der Waals surface area contributed by atoms with Crippen LogP contribution in [0.25, 0.3) is 5.57 Å². The molecule has 1 aliphatic heterocycles. The number of rotatable bonds is 3. The topological polar surface area (TPSA) is 34.1 Å². The molecule has 2 atom stereocenters. The Bertz CT molecular complexity index is 487. The first-order valence-corrected chi connectivity index (χ1v) is 7.24. The molecule has 1 aromatic rings. The van der Waals surface area contributed by atoms with Crippen LogP contribution in [-0.4, -0.2) is 24.2 Å². The first-order valence-electron chi connectivity index (χ1n) is 7.24. The zero-order valence-electron chi connectivity index (χ0n) is 12.1. The number of nitrogens with one attached hydrogen (secondary N) is 1. The lowest BCUT2D eigenvalue weighted by Gasteiger charge is -2.34. The number of allylic oxidation sites excluding steroid dienone is 1. The maximum atomic E-state index is 5.74. The van der Waals surface area contributed by atoms with Crippen LogP contribution in [0.3, 0.4) is 0 Å².